The van der Waals surface area contributed by atoms with Crippen LogP contribution in [-0.2, 0) is 4.74 Å². The van der Waals surface area contributed by atoms with Crippen LogP contribution in [0.2, 0.25) is 0 Å². The number of methoxy groups -OCH3 is 1. The SMILES string of the molecule is COC(=O)c1cccc(C(=N)N)c1.Cl. The van der Waals surface area contributed by atoms with Crippen LogP contribution in [0.15, 0.2) is 24.3 Å². The molecular weight excluding hydrogens is 204 g/mol. The highest BCUT2D eigenvalue weighted by atomic mass is 35.5. The number of rotatable bonds is 2. The largest absolute Gasteiger partial charge is 0.465 e. The Morgan fingerprint density at radius 1 is 1.43 bits per heavy atom. The molecule has 0 aromatic heterocycles. The van der Waals surface area contributed by atoms with E-state index in [-0.39, 0.29) is 18.2 Å². The van der Waals surface area contributed by atoms with Gasteiger partial charge in [0.25, 0.3) is 0 Å². The Balaban J connectivity index is 0.00000169. The number of benzene rings is 1. The number of carbonyl (C=O) groups excluding carboxylic acids is 1. The Labute approximate surface area is 88.0 Å². The summed E-state index contributed by atoms with van der Waals surface area (Å²) in [5.41, 5.74) is 6.17. The summed E-state index contributed by atoms with van der Waals surface area (Å²) in [7, 11) is 1.31. The van der Waals surface area contributed by atoms with Crippen LogP contribution < -0.4 is 5.73 Å². The highest BCUT2D eigenvalue weighted by Gasteiger charge is 2.05. The molecule has 0 saturated heterocycles. The van der Waals surface area contributed by atoms with Gasteiger partial charge in [0.1, 0.15) is 5.84 Å². The van der Waals surface area contributed by atoms with Gasteiger partial charge < -0.3 is 10.5 Å². The molecule has 5 heteroatoms. The summed E-state index contributed by atoms with van der Waals surface area (Å²) >= 11 is 0. The zero-order valence-corrected chi connectivity index (χ0v) is 8.43. The molecule has 4 nitrogen and oxygen atoms in total. The minimum absolute atomic E-state index is 0. The van der Waals surface area contributed by atoms with Crippen molar-refractivity contribution in [2.45, 2.75) is 0 Å². The van der Waals surface area contributed by atoms with E-state index in [9.17, 15) is 4.79 Å². The molecule has 1 aromatic rings. The van der Waals surface area contributed by atoms with Crippen molar-refractivity contribution in [3.63, 3.8) is 0 Å². The number of carbonyl (C=O) groups is 1. The first-order valence-electron chi connectivity index (χ1n) is 3.68. The minimum atomic E-state index is -0.428. The van der Waals surface area contributed by atoms with E-state index in [4.69, 9.17) is 11.1 Å². The maximum absolute atomic E-state index is 11.1. The van der Waals surface area contributed by atoms with Crippen LogP contribution in [0.25, 0.3) is 0 Å². The fourth-order valence-corrected chi connectivity index (χ4v) is 0.932. The van der Waals surface area contributed by atoms with Gasteiger partial charge in [-0.15, -0.1) is 12.4 Å². The van der Waals surface area contributed by atoms with Crippen molar-refractivity contribution >= 4 is 24.2 Å². The number of amidine groups is 1. The van der Waals surface area contributed by atoms with Crippen LogP contribution in [0.3, 0.4) is 0 Å². The summed E-state index contributed by atoms with van der Waals surface area (Å²) < 4.78 is 4.52. The second kappa shape index (κ2) is 5.24. The zero-order chi connectivity index (χ0) is 9.84. The lowest BCUT2D eigenvalue weighted by Crippen LogP contribution is -2.12. The lowest BCUT2D eigenvalue weighted by molar-refractivity contribution is 0.0600. The lowest BCUT2D eigenvalue weighted by atomic mass is 10.1. The smallest absolute Gasteiger partial charge is 0.337 e. The first-order chi connectivity index (χ1) is 6.15. The molecule has 0 saturated carbocycles. The van der Waals surface area contributed by atoms with Crippen LogP contribution in [0.4, 0.5) is 0 Å². The number of esters is 1. The van der Waals surface area contributed by atoms with Gasteiger partial charge >= 0.3 is 5.97 Å². The maximum atomic E-state index is 11.1. The molecule has 0 heterocycles. The summed E-state index contributed by atoms with van der Waals surface area (Å²) in [6.07, 6.45) is 0. The maximum Gasteiger partial charge on any atom is 0.337 e. The van der Waals surface area contributed by atoms with Gasteiger partial charge in [0, 0.05) is 5.56 Å². The highest BCUT2D eigenvalue weighted by molar-refractivity contribution is 5.98. The van der Waals surface area contributed by atoms with E-state index in [0.29, 0.717) is 11.1 Å². The third-order valence-corrected chi connectivity index (χ3v) is 1.59. The average molecular weight is 215 g/mol. The fraction of sp³-hybridized carbons (Fsp3) is 0.111. The summed E-state index contributed by atoms with van der Waals surface area (Å²) in [6, 6.07) is 6.45. The molecule has 0 unspecified atom stereocenters. The van der Waals surface area contributed by atoms with Gasteiger partial charge in [0.15, 0.2) is 0 Å². The third kappa shape index (κ3) is 2.74. The second-order valence-corrected chi connectivity index (χ2v) is 2.49. The van der Waals surface area contributed by atoms with Crippen LogP contribution in [0.5, 0.6) is 0 Å². The molecular formula is C9H11ClN2O2. The van der Waals surface area contributed by atoms with Gasteiger partial charge in [-0.25, -0.2) is 4.79 Å². The number of ether oxygens (including phenoxy) is 1. The summed E-state index contributed by atoms with van der Waals surface area (Å²) in [5.74, 6) is -0.492. The first-order valence-corrected chi connectivity index (χ1v) is 3.68. The number of nitrogen functional groups attached to an aromatic ring is 1. The average Bonchev–Trinajstić information content (AvgIpc) is 2.17. The topological polar surface area (TPSA) is 76.2 Å². The quantitative estimate of drug-likeness (QED) is 0.441. The molecule has 0 aliphatic heterocycles. The number of halogens is 1. The van der Waals surface area contributed by atoms with Gasteiger partial charge in [-0.05, 0) is 12.1 Å². The first kappa shape index (κ1) is 12.4. The van der Waals surface area contributed by atoms with Crippen molar-refractivity contribution in [1.29, 1.82) is 5.41 Å². The Kier molecular flexibility index (Phi) is 4.66. The molecule has 1 aromatic carbocycles. The Morgan fingerprint density at radius 3 is 2.50 bits per heavy atom. The van der Waals surface area contributed by atoms with E-state index < -0.39 is 5.97 Å². The van der Waals surface area contributed by atoms with E-state index in [1.807, 2.05) is 0 Å². The number of hydrogen-bond acceptors (Lipinski definition) is 3. The standard InChI is InChI=1S/C9H10N2O2.ClH/c1-13-9(12)7-4-2-3-6(5-7)8(10)11;/h2-5H,1H3,(H3,10,11);1H. The monoisotopic (exact) mass is 214 g/mol. The molecule has 0 bridgehead atoms. The molecule has 0 aliphatic rings. The second-order valence-electron chi connectivity index (χ2n) is 2.49. The summed E-state index contributed by atoms with van der Waals surface area (Å²) in [4.78, 5) is 11.1. The van der Waals surface area contributed by atoms with Gasteiger partial charge in [0.2, 0.25) is 0 Å². The Bertz CT molecular complexity index is 352. The fourth-order valence-electron chi connectivity index (χ4n) is 0.932. The van der Waals surface area contributed by atoms with Crippen molar-refractivity contribution in [2.24, 2.45) is 5.73 Å². The molecule has 14 heavy (non-hydrogen) atoms. The number of hydrogen-bond donors (Lipinski definition) is 2. The molecule has 0 aliphatic carbocycles. The normalized spacial score (nSPS) is 8.64. The summed E-state index contributed by atoms with van der Waals surface area (Å²) in [6.45, 7) is 0. The number of nitrogens with two attached hydrogens (primary N) is 1. The molecule has 0 fully saturated rings. The van der Waals surface area contributed by atoms with Gasteiger partial charge in [0.05, 0.1) is 12.7 Å². The van der Waals surface area contributed by atoms with Gasteiger partial charge in [-0.2, -0.15) is 0 Å². The zero-order valence-electron chi connectivity index (χ0n) is 7.61. The molecule has 3 N–H and O–H groups in total. The van der Waals surface area contributed by atoms with E-state index in [1.165, 1.54) is 13.2 Å². The molecule has 76 valence electrons. The molecule has 0 radical (unpaired) electrons. The van der Waals surface area contributed by atoms with Crippen LogP contribution >= 0.6 is 12.4 Å². The lowest BCUT2D eigenvalue weighted by Gasteiger charge is -2.01. The van der Waals surface area contributed by atoms with Crippen LogP contribution in [0.1, 0.15) is 15.9 Å². The predicted octanol–water partition coefficient (Wildman–Crippen LogP) is 1.18. The Morgan fingerprint density at radius 2 is 2.00 bits per heavy atom. The van der Waals surface area contributed by atoms with Crippen molar-refractivity contribution in [1.82, 2.24) is 0 Å². The Hall–Kier alpha value is -1.55. The van der Waals surface area contributed by atoms with Crippen molar-refractivity contribution in [2.75, 3.05) is 7.11 Å². The van der Waals surface area contributed by atoms with E-state index in [2.05, 4.69) is 4.74 Å². The van der Waals surface area contributed by atoms with Gasteiger partial charge in [-0.1, -0.05) is 12.1 Å². The molecule has 0 amide bonds. The number of nitrogens with one attached hydrogen (secondary N) is 1. The molecule has 0 atom stereocenters. The van der Waals surface area contributed by atoms with E-state index in [1.54, 1.807) is 18.2 Å². The highest BCUT2D eigenvalue weighted by Crippen LogP contribution is 2.05. The minimum Gasteiger partial charge on any atom is -0.465 e. The van der Waals surface area contributed by atoms with Crippen molar-refractivity contribution < 1.29 is 9.53 Å². The predicted molar refractivity (Wildman–Crippen MR) is 56.0 cm³/mol. The van der Waals surface area contributed by atoms with Crippen LogP contribution in [0, 0.1) is 5.41 Å². The van der Waals surface area contributed by atoms with E-state index >= 15 is 0 Å². The molecule has 1 rings (SSSR count). The van der Waals surface area contributed by atoms with Crippen molar-refractivity contribution in [3.8, 4) is 0 Å². The molecule has 0 spiro atoms. The summed E-state index contributed by atoms with van der Waals surface area (Å²) in [5, 5.41) is 7.16. The van der Waals surface area contributed by atoms with E-state index in [0.717, 1.165) is 0 Å². The third-order valence-electron chi connectivity index (χ3n) is 1.59. The van der Waals surface area contributed by atoms with Crippen LogP contribution in [-0.4, -0.2) is 18.9 Å². The van der Waals surface area contributed by atoms with Gasteiger partial charge in [-0.3, -0.25) is 5.41 Å². The van der Waals surface area contributed by atoms with Crippen molar-refractivity contribution in [3.05, 3.63) is 35.4 Å².